The van der Waals surface area contributed by atoms with E-state index in [0.29, 0.717) is 12.2 Å². The molecule has 0 fully saturated rings. The number of aryl methyl sites for hydroxylation is 1. The number of hydrogen-bond acceptors (Lipinski definition) is 5. The van der Waals surface area contributed by atoms with Gasteiger partial charge in [-0.2, -0.15) is 5.10 Å². The molecule has 2 aromatic carbocycles. The predicted molar refractivity (Wildman–Crippen MR) is 97.1 cm³/mol. The van der Waals surface area contributed by atoms with Crippen molar-refractivity contribution in [2.24, 2.45) is 5.10 Å². The van der Waals surface area contributed by atoms with Crippen molar-refractivity contribution < 1.29 is 14.3 Å². The van der Waals surface area contributed by atoms with Crippen LogP contribution in [0, 0.1) is 6.92 Å². The van der Waals surface area contributed by atoms with E-state index in [0.717, 1.165) is 28.2 Å². The van der Waals surface area contributed by atoms with Crippen molar-refractivity contribution in [3.05, 3.63) is 83.3 Å². The van der Waals surface area contributed by atoms with Gasteiger partial charge in [-0.3, -0.25) is 0 Å². The maximum atomic E-state index is 10.3. The molecule has 3 aromatic rings. The van der Waals surface area contributed by atoms with Gasteiger partial charge < -0.3 is 14.3 Å². The SMILES string of the molecule is Cc1ccc(O)c(C2=NN3[C@H](C2)c2ccccc2O[C@H]3c2ccco2)c1. The fourth-order valence-corrected chi connectivity index (χ4v) is 3.70. The van der Waals surface area contributed by atoms with E-state index in [9.17, 15) is 5.11 Å². The van der Waals surface area contributed by atoms with Crippen molar-refractivity contribution in [3.63, 3.8) is 0 Å². The molecule has 0 spiro atoms. The Hall–Kier alpha value is -3.21. The number of ether oxygens (including phenoxy) is 1. The largest absolute Gasteiger partial charge is 0.507 e. The van der Waals surface area contributed by atoms with E-state index in [2.05, 4.69) is 6.07 Å². The second-order valence-electron chi connectivity index (χ2n) is 6.69. The van der Waals surface area contributed by atoms with Crippen LogP contribution in [0.15, 0.2) is 70.4 Å². The maximum absolute atomic E-state index is 10.3. The molecule has 0 aliphatic carbocycles. The number of fused-ring (bicyclic) bond motifs is 3. The third kappa shape index (κ3) is 2.28. The molecule has 5 nitrogen and oxygen atoms in total. The number of aromatic hydroxyl groups is 1. The summed E-state index contributed by atoms with van der Waals surface area (Å²) in [6.07, 6.45) is 1.92. The van der Waals surface area contributed by atoms with Gasteiger partial charge in [-0.15, -0.1) is 0 Å². The minimum absolute atomic E-state index is 0.0463. The molecule has 3 heterocycles. The lowest BCUT2D eigenvalue weighted by molar-refractivity contribution is -0.0325. The standard InChI is InChI=1S/C21H18N2O3/c1-13-8-9-18(24)15(11-13)16-12-17-14-5-2-3-6-19(14)26-21(23(17)22-16)20-7-4-10-25-20/h2-11,17,21,24H,12H2,1H3/t17-,21+/m1/s1. The fourth-order valence-electron chi connectivity index (χ4n) is 3.70. The van der Waals surface area contributed by atoms with E-state index in [-0.39, 0.29) is 11.8 Å². The van der Waals surface area contributed by atoms with Gasteiger partial charge in [-0.1, -0.05) is 29.8 Å². The number of hydrogen-bond donors (Lipinski definition) is 1. The van der Waals surface area contributed by atoms with Gasteiger partial charge in [0.05, 0.1) is 18.0 Å². The molecule has 1 N–H and O–H groups in total. The Morgan fingerprint density at radius 2 is 2.00 bits per heavy atom. The van der Waals surface area contributed by atoms with E-state index in [1.54, 1.807) is 12.3 Å². The van der Waals surface area contributed by atoms with Crippen molar-refractivity contribution >= 4 is 5.71 Å². The zero-order chi connectivity index (χ0) is 17.7. The van der Waals surface area contributed by atoms with Crippen LogP contribution in [-0.2, 0) is 0 Å². The Morgan fingerprint density at radius 1 is 1.12 bits per heavy atom. The summed E-state index contributed by atoms with van der Waals surface area (Å²) in [4.78, 5) is 0. The van der Waals surface area contributed by atoms with Crippen LogP contribution in [0.1, 0.15) is 41.1 Å². The zero-order valence-corrected chi connectivity index (χ0v) is 14.3. The zero-order valence-electron chi connectivity index (χ0n) is 14.3. The van der Waals surface area contributed by atoms with Crippen LogP contribution in [0.25, 0.3) is 0 Å². The third-order valence-electron chi connectivity index (χ3n) is 4.95. The van der Waals surface area contributed by atoms with E-state index < -0.39 is 6.23 Å². The van der Waals surface area contributed by atoms with Gasteiger partial charge in [-0.05, 0) is 37.3 Å². The average molecular weight is 346 g/mol. The summed E-state index contributed by atoms with van der Waals surface area (Å²) in [5.41, 5.74) is 3.81. The summed E-state index contributed by atoms with van der Waals surface area (Å²) in [7, 11) is 0. The number of nitrogens with zero attached hydrogens (tertiary/aromatic N) is 2. The second-order valence-corrected chi connectivity index (χ2v) is 6.69. The minimum atomic E-state index is -0.422. The number of rotatable bonds is 2. The molecule has 1 aromatic heterocycles. The summed E-state index contributed by atoms with van der Waals surface area (Å²) in [6, 6.07) is 17.4. The van der Waals surface area contributed by atoms with Gasteiger partial charge in [-0.25, -0.2) is 5.01 Å². The Morgan fingerprint density at radius 3 is 2.85 bits per heavy atom. The predicted octanol–water partition coefficient (Wildman–Crippen LogP) is 4.54. The normalized spacial score (nSPS) is 21.0. The average Bonchev–Trinajstić information content (AvgIpc) is 3.33. The highest BCUT2D eigenvalue weighted by molar-refractivity contribution is 6.04. The number of phenols is 1. The van der Waals surface area contributed by atoms with Crippen LogP contribution < -0.4 is 4.74 Å². The van der Waals surface area contributed by atoms with Crippen LogP contribution in [0.5, 0.6) is 11.5 Å². The van der Waals surface area contributed by atoms with Crippen molar-refractivity contribution in [2.75, 3.05) is 0 Å². The lowest BCUT2D eigenvalue weighted by Gasteiger charge is -2.36. The number of hydrazone groups is 1. The molecule has 26 heavy (non-hydrogen) atoms. The van der Waals surface area contributed by atoms with Crippen LogP contribution in [0.3, 0.4) is 0 Å². The van der Waals surface area contributed by atoms with Crippen LogP contribution in [0.2, 0.25) is 0 Å². The molecule has 0 saturated heterocycles. The highest BCUT2D eigenvalue weighted by Crippen LogP contribution is 2.47. The topological polar surface area (TPSA) is 58.2 Å². The van der Waals surface area contributed by atoms with Gasteiger partial charge in [0, 0.05) is 17.5 Å². The fraction of sp³-hybridized carbons (Fsp3) is 0.190. The van der Waals surface area contributed by atoms with Gasteiger partial charge in [0.15, 0.2) is 5.76 Å². The van der Waals surface area contributed by atoms with Crippen LogP contribution in [0.4, 0.5) is 0 Å². The van der Waals surface area contributed by atoms with Crippen molar-refractivity contribution in [2.45, 2.75) is 25.6 Å². The number of benzene rings is 2. The first-order valence-electron chi connectivity index (χ1n) is 8.65. The molecule has 2 atom stereocenters. The molecule has 130 valence electrons. The van der Waals surface area contributed by atoms with Gasteiger partial charge in [0.25, 0.3) is 0 Å². The summed E-state index contributed by atoms with van der Waals surface area (Å²) in [6.45, 7) is 2.01. The summed E-state index contributed by atoms with van der Waals surface area (Å²) in [5.74, 6) is 1.81. The molecule has 0 bridgehead atoms. The molecule has 0 amide bonds. The van der Waals surface area contributed by atoms with Gasteiger partial charge in [0.1, 0.15) is 11.5 Å². The molecular formula is C21H18N2O3. The smallest absolute Gasteiger partial charge is 0.246 e. The molecule has 0 radical (unpaired) electrons. The number of para-hydroxylation sites is 1. The Balaban J connectivity index is 1.62. The first-order valence-corrected chi connectivity index (χ1v) is 8.65. The van der Waals surface area contributed by atoms with Crippen molar-refractivity contribution in [3.8, 4) is 11.5 Å². The summed E-state index contributed by atoms with van der Waals surface area (Å²) >= 11 is 0. The van der Waals surface area contributed by atoms with Gasteiger partial charge in [0.2, 0.25) is 6.23 Å². The van der Waals surface area contributed by atoms with E-state index in [4.69, 9.17) is 14.3 Å². The lowest BCUT2D eigenvalue weighted by Crippen LogP contribution is -2.33. The Kier molecular flexibility index (Phi) is 3.28. The first kappa shape index (κ1) is 15.1. The van der Waals surface area contributed by atoms with Crippen molar-refractivity contribution in [1.82, 2.24) is 5.01 Å². The van der Waals surface area contributed by atoms with Crippen LogP contribution >= 0.6 is 0 Å². The number of furan rings is 1. The minimum Gasteiger partial charge on any atom is -0.507 e. The molecule has 0 unspecified atom stereocenters. The van der Waals surface area contributed by atoms with E-state index in [1.807, 2.05) is 54.4 Å². The molecule has 5 heteroatoms. The molecular weight excluding hydrogens is 328 g/mol. The molecule has 0 saturated carbocycles. The molecule has 2 aliphatic rings. The van der Waals surface area contributed by atoms with Crippen molar-refractivity contribution in [1.29, 1.82) is 0 Å². The lowest BCUT2D eigenvalue weighted by atomic mass is 9.95. The van der Waals surface area contributed by atoms with E-state index in [1.165, 1.54) is 0 Å². The highest BCUT2D eigenvalue weighted by Gasteiger charge is 2.42. The highest BCUT2D eigenvalue weighted by atomic mass is 16.5. The monoisotopic (exact) mass is 346 g/mol. The van der Waals surface area contributed by atoms with Gasteiger partial charge >= 0.3 is 0 Å². The Bertz CT molecular complexity index is 994. The molecule has 2 aliphatic heterocycles. The maximum Gasteiger partial charge on any atom is 0.246 e. The number of phenolic OH excluding ortho intramolecular Hbond substituents is 1. The third-order valence-corrected chi connectivity index (χ3v) is 4.95. The Labute approximate surface area is 151 Å². The first-order chi connectivity index (χ1) is 12.7. The van der Waals surface area contributed by atoms with Crippen LogP contribution in [-0.4, -0.2) is 15.8 Å². The van der Waals surface area contributed by atoms with E-state index >= 15 is 0 Å². The quantitative estimate of drug-likeness (QED) is 0.740. The molecule has 5 rings (SSSR count). The summed E-state index contributed by atoms with van der Waals surface area (Å²) in [5, 5.41) is 17.1. The second kappa shape index (κ2) is 5.66. The summed E-state index contributed by atoms with van der Waals surface area (Å²) < 4.78 is 11.8.